The van der Waals surface area contributed by atoms with Crippen molar-refractivity contribution in [1.82, 2.24) is 0 Å². The lowest BCUT2D eigenvalue weighted by atomic mass is 9.80. The molecule has 4 nitrogen and oxygen atoms in total. The second kappa shape index (κ2) is 6.23. The Morgan fingerprint density at radius 3 is 1.35 bits per heavy atom. The quantitative estimate of drug-likeness (QED) is 0.553. The van der Waals surface area contributed by atoms with Crippen molar-refractivity contribution in [2.45, 2.75) is 40.5 Å². The summed E-state index contributed by atoms with van der Waals surface area (Å²) < 4.78 is 0. The van der Waals surface area contributed by atoms with Crippen molar-refractivity contribution >= 4 is 11.9 Å². The summed E-state index contributed by atoms with van der Waals surface area (Å²) >= 11 is 0. The molecule has 0 saturated heterocycles. The summed E-state index contributed by atoms with van der Waals surface area (Å²) in [5, 5.41) is 18.4. The van der Waals surface area contributed by atoms with Gasteiger partial charge in [0.05, 0.1) is 0 Å². The van der Waals surface area contributed by atoms with E-state index in [1.54, 1.807) is 12.2 Å². The van der Waals surface area contributed by atoms with Crippen LogP contribution in [0.1, 0.15) is 40.5 Å². The summed E-state index contributed by atoms with van der Waals surface area (Å²) in [7, 11) is 0. The fraction of sp³-hybridized carbons (Fsp3) is 0.538. The van der Waals surface area contributed by atoms with E-state index in [0.29, 0.717) is 0 Å². The van der Waals surface area contributed by atoms with Gasteiger partial charge in [-0.15, -0.1) is 0 Å². The van der Waals surface area contributed by atoms with E-state index in [1.165, 1.54) is 0 Å². The van der Waals surface area contributed by atoms with Crippen molar-refractivity contribution in [1.29, 1.82) is 0 Å². The third-order valence-corrected chi connectivity index (χ3v) is 2.54. The van der Waals surface area contributed by atoms with Gasteiger partial charge in [0.15, 0.2) is 5.41 Å². The number of hydrogen-bond donors (Lipinski definition) is 2. The molecule has 0 saturated carbocycles. The summed E-state index contributed by atoms with van der Waals surface area (Å²) in [5.74, 6) is -2.58. The van der Waals surface area contributed by atoms with E-state index in [4.69, 9.17) is 0 Å². The summed E-state index contributed by atoms with van der Waals surface area (Å²) in [4.78, 5) is 22.5. The number of carboxylic acid groups (broad SMARTS) is 2. The highest BCUT2D eigenvalue weighted by molar-refractivity contribution is 5.98. The van der Waals surface area contributed by atoms with Crippen LogP contribution < -0.4 is 0 Å². The van der Waals surface area contributed by atoms with Crippen LogP contribution in [0.15, 0.2) is 23.3 Å². The first kappa shape index (κ1) is 15.4. The van der Waals surface area contributed by atoms with Crippen LogP contribution in [-0.2, 0) is 9.59 Å². The zero-order valence-corrected chi connectivity index (χ0v) is 10.8. The normalized spacial score (nSPS) is 10.6. The topological polar surface area (TPSA) is 74.6 Å². The Morgan fingerprint density at radius 1 is 0.882 bits per heavy atom. The molecule has 0 amide bonds. The summed E-state index contributed by atoms with van der Waals surface area (Å²) in [6.07, 6.45) is 3.32. The zero-order valence-electron chi connectivity index (χ0n) is 10.8. The second-order valence-electron chi connectivity index (χ2n) is 4.66. The van der Waals surface area contributed by atoms with E-state index in [0.717, 1.165) is 11.1 Å². The van der Waals surface area contributed by atoms with Crippen molar-refractivity contribution in [3.05, 3.63) is 23.3 Å². The molecule has 0 aromatic rings. The van der Waals surface area contributed by atoms with Gasteiger partial charge in [-0.1, -0.05) is 23.3 Å². The lowest BCUT2D eigenvalue weighted by Crippen LogP contribution is -2.38. The van der Waals surface area contributed by atoms with Gasteiger partial charge in [-0.05, 0) is 40.5 Å². The lowest BCUT2D eigenvalue weighted by Gasteiger charge is -2.22. The Balaban J connectivity index is 5.29. The van der Waals surface area contributed by atoms with Gasteiger partial charge in [-0.2, -0.15) is 0 Å². The molecule has 0 unspecified atom stereocenters. The summed E-state index contributed by atoms with van der Waals surface area (Å²) in [6, 6.07) is 0. The number of aliphatic carboxylic acids is 2. The van der Waals surface area contributed by atoms with Crippen LogP contribution >= 0.6 is 0 Å². The van der Waals surface area contributed by atoms with Gasteiger partial charge in [0.2, 0.25) is 0 Å². The molecule has 0 rings (SSSR count). The third-order valence-electron chi connectivity index (χ3n) is 2.54. The van der Waals surface area contributed by atoms with Crippen molar-refractivity contribution in [2.75, 3.05) is 0 Å². The molecule has 0 aliphatic rings. The maximum Gasteiger partial charge on any atom is 0.321 e. The SMILES string of the molecule is CC(C)=CCC(CC=C(C)C)(C(=O)O)C(=O)O. The lowest BCUT2D eigenvalue weighted by molar-refractivity contribution is -0.164. The van der Waals surface area contributed by atoms with Gasteiger partial charge in [-0.3, -0.25) is 9.59 Å². The minimum absolute atomic E-state index is 0.00375. The molecular formula is C13H20O4. The number of carbonyl (C=O) groups is 2. The molecule has 0 aromatic carbocycles. The number of hydrogen-bond acceptors (Lipinski definition) is 2. The molecular weight excluding hydrogens is 220 g/mol. The minimum atomic E-state index is -1.76. The molecule has 0 aliphatic heterocycles. The maximum atomic E-state index is 11.2. The Kier molecular flexibility index (Phi) is 5.65. The van der Waals surface area contributed by atoms with E-state index in [1.807, 2.05) is 27.7 Å². The van der Waals surface area contributed by atoms with Gasteiger partial charge < -0.3 is 10.2 Å². The average Bonchev–Trinajstić information content (AvgIpc) is 2.16. The van der Waals surface area contributed by atoms with E-state index in [9.17, 15) is 19.8 Å². The van der Waals surface area contributed by atoms with Crippen molar-refractivity contribution in [2.24, 2.45) is 5.41 Å². The largest absolute Gasteiger partial charge is 0.480 e. The number of rotatable bonds is 6. The van der Waals surface area contributed by atoms with Gasteiger partial charge in [0, 0.05) is 0 Å². The molecule has 0 heterocycles. The Bertz CT molecular complexity index is 320. The number of allylic oxidation sites excluding steroid dienone is 4. The fourth-order valence-electron chi connectivity index (χ4n) is 1.28. The molecule has 96 valence electrons. The van der Waals surface area contributed by atoms with Crippen LogP contribution in [0, 0.1) is 5.41 Å². The predicted molar refractivity (Wildman–Crippen MR) is 65.8 cm³/mol. The Hall–Kier alpha value is -1.58. The molecule has 0 bridgehead atoms. The Morgan fingerprint density at radius 2 is 1.18 bits per heavy atom. The molecule has 0 aliphatic carbocycles. The summed E-state index contributed by atoms with van der Waals surface area (Å²) in [6.45, 7) is 7.26. The first-order valence-electron chi connectivity index (χ1n) is 5.46. The number of carboxylic acids is 2. The molecule has 0 radical (unpaired) electrons. The smallest absolute Gasteiger partial charge is 0.321 e. The monoisotopic (exact) mass is 240 g/mol. The molecule has 0 fully saturated rings. The maximum absolute atomic E-state index is 11.2. The van der Waals surface area contributed by atoms with Crippen molar-refractivity contribution in [3.63, 3.8) is 0 Å². The van der Waals surface area contributed by atoms with Gasteiger partial charge in [0.1, 0.15) is 0 Å². The molecule has 2 N–H and O–H groups in total. The zero-order chi connectivity index (χ0) is 13.6. The first-order valence-corrected chi connectivity index (χ1v) is 5.46. The highest BCUT2D eigenvalue weighted by atomic mass is 16.4. The van der Waals surface area contributed by atoms with E-state index in [-0.39, 0.29) is 12.8 Å². The minimum Gasteiger partial charge on any atom is -0.480 e. The van der Waals surface area contributed by atoms with Gasteiger partial charge in [0.25, 0.3) is 0 Å². The van der Waals surface area contributed by atoms with Gasteiger partial charge >= 0.3 is 11.9 Å². The van der Waals surface area contributed by atoms with E-state index < -0.39 is 17.4 Å². The fourth-order valence-corrected chi connectivity index (χ4v) is 1.28. The molecule has 0 atom stereocenters. The Labute approximate surface area is 102 Å². The van der Waals surface area contributed by atoms with Crippen LogP contribution in [0.2, 0.25) is 0 Å². The highest BCUT2D eigenvalue weighted by Gasteiger charge is 2.44. The average molecular weight is 240 g/mol. The molecule has 0 aromatic heterocycles. The first-order chi connectivity index (χ1) is 7.72. The van der Waals surface area contributed by atoms with Crippen LogP contribution in [0.25, 0.3) is 0 Å². The van der Waals surface area contributed by atoms with Crippen molar-refractivity contribution < 1.29 is 19.8 Å². The van der Waals surface area contributed by atoms with Crippen LogP contribution in [0.4, 0.5) is 0 Å². The molecule has 17 heavy (non-hydrogen) atoms. The summed E-state index contributed by atoms with van der Waals surface area (Å²) in [5.41, 5.74) is 0.0669. The predicted octanol–water partition coefficient (Wildman–Crippen LogP) is 2.85. The highest BCUT2D eigenvalue weighted by Crippen LogP contribution is 2.30. The van der Waals surface area contributed by atoms with Crippen molar-refractivity contribution in [3.8, 4) is 0 Å². The van der Waals surface area contributed by atoms with E-state index in [2.05, 4.69) is 0 Å². The van der Waals surface area contributed by atoms with Gasteiger partial charge in [-0.25, -0.2) is 0 Å². The van der Waals surface area contributed by atoms with Crippen LogP contribution in [0.5, 0.6) is 0 Å². The van der Waals surface area contributed by atoms with E-state index >= 15 is 0 Å². The van der Waals surface area contributed by atoms with Crippen LogP contribution in [-0.4, -0.2) is 22.2 Å². The molecule has 0 spiro atoms. The van der Waals surface area contributed by atoms with Crippen LogP contribution in [0.3, 0.4) is 0 Å². The molecule has 4 heteroatoms. The standard InChI is InChI=1S/C13H20O4/c1-9(2)5-7-13(11(14)15,12(16)17)8-6-10(3)4/h5-6H,7-8H2,1-4H3,(H,14,15)(H,16,17). The third kappa shape index (κ3) is 4.43. The second-order valence-corrected chi connectivity index (χ2v) is 4.66.